The van der Waals surface area contributed by atoms with Gasteiger partial charge in [-0.2, -0.15) is 0 Å². The van der Waals surface area contributed by atoms with Crippen LogP contribution in [-0.2, 0) is 4.79 Å². The van der Waals surface area contributed by atoms with E-state index in [4.69, 9.17) is 19.4 Å². The summed E-state index contributed by atoms with van der Waals surface area (Å²) in [5.74, 6) is 3.26. The number of pyridine rings is 1. The Morgan fingerprint density at radius 1 is 1.00 bits per heavy atom. The molecule has 1 saturated heterocycles. The highest BCUT2D eigenvalue weighted by atomic mass is 32.2. The number of thiazole rings is 1. The first-order valence-corrected chi connectivity index (χ1v) is 15.2. The number of hydrogen-bond donors (Lipinski definition) is 1. The van der Waals surface area contributed by atoms with Gasteiger partial charge in [0, 0.05) is 58.8 Å². The van der Waals surface area contributed by atoms with Crippen LogP contribution in [0.4, 0.5) is 10.9 Å². The highest BCUT2D eigenvalue weighted by molar-refractivity contribution is 7.99. The Labute approximate surface area is 247 Å². The molecule has 0 saturated carbocycles. The summed E-state index contributed by atoms with van der Waals surface area (Å²) < 4.78 is 11.9. The lowest BCUT2D eigenvalue weighted by Crippen LogP contribution is -2.36. The van der Waals surface area contributed by atoms with Gasteiger partial charge in [-0.05, 0) is 42.5 Å². The normalized spacial score (nSPS) is 13.8. The van der Waals surface area contributed by atoms with E-state index >= 15 is 0 Å². The van der Waals surface area contributed by atoms with Gasteiger partial charge < -0.3 is 19.7 Å². The number of ether oxygens (including phenoxy) is 2. The van der Waals surface area contributed by atoms with Crippen LogP contribution < -0.4 is 14.8 Å². The second kappa shape index (κ2) is 12.2. The fraction of sp³-hybridized carbons (Fsp3) is 0.219. The molecule has 0 atom stereocenters. The molecule has 2 aromatic heterocycles. The number of hydrogen-bond acceptors (Lipinski definition) is 8. The molecule has 208 valence electrons. The summed E-state index contributed by atoms with van der Waals surface area (Å²) in [6.07, 6.45) is 3.69. The molecule has 0 spiro atoms. The van der Waals surface area contributed by atoms with E-state index in [1.807, 2.05) is 65.7 Å². The van der Waals surface area contributed by atoms with Crippen LogP contribution in [0.3, 0.4) is 0 Å². The highest BCUT2D eigenvalue weighted by Crippen LogP contribution is 2.39. The van der Waals surface area contributed by atoms with Crippen molar-refractivity contribution in [3.8, 4) is 17.2 Å². The van der Waals surface area contributed by atoms with Crippen LogP contribution in [-0.4, -0.2) is 41.0 Å². The van der Waals surface area contributed by atoms with Crippen molar-refractivity contribution in [3.63, 3.8) is 0 Å². The van der Waals surface area contributed by atoms with Gasteiger partial charge >= 0.3 is 0 Å². The minimum atomic E-state index is 0.141. The zero-order valence-corrected chi connectivity index (χ0v) is 24.5. The van der Waals surface area contributed by atoms with Crippen molar-refractivity contribution in [3.05, 3.63) is 90.1 Å². The average molecular weight is 583 g/mol. The number of benzene rings is 3. The molecule has 1 aliphatic heterocycles. The molecule has 0 unspecified atom stereocenters. The summed E-state index contributed by atoms with van der Waals surface area (Å²) in [4.78, 5) is 25.3. The Morgan fingerprint density at radius 2 is 1.80 bits per heavy atom. The van der Waals surface area contributed by atoms with Gasteiger partial charge in [-0.15, -0.1) is 11.3 Å². The van der Waals surface area contributed by atoms with Gasteiger partial charge in [-0.25, -0.2) is 9.97 Å². The summed E-state index contributed by atoms with van der Waals surface area (Å²) in [6.45, 7) is 3.19. The minimum Gasteiger partial charge on any atom is -0.497 e. The highest BCUT2D eigenvalue weighted by Gasteiger charge is 2.24. The summed E-state index contributed by atoms with van der Waals surface area (Å²) in [6, 6.07) is 24.2. The molecule has 6 rings (SSSR count). The molecule has 3 aromatic carbocycles. The Morgan fingerprint density at radius 3 is 2.63 bits per heavy atom. The molecule has 41 heavy (non-hydrogen) atoms. The van der Waals surface area contributed by atoms with E-state index < -0.39 is 0 Å². The molecular weight excluding hydrogens is 553 g/mol. The molecule has 0 aliphatic carbocycles. The number of nitrogens with one attached hydrogen (secondary N) is 1. The fourth-order valence-electron chi connectivity index (χ4n) is 4.98. The van der Waals surface area contributed by atoms with E-state index in [2.05, 4.69) is 28.9 Å². The lowest BCUT2D eigenvalue weighted by Gasteiger charge is -2.30. The second-order valence-electron chi connectivity index (χ2n) is 9.86. The van der Waals surface area contributed by atoms with Crippen LogP contribution in [0.15, 0.2) is 94.2 Å². The van der Waals surface area contributed by atoms with Crippen molar-refractivity contribution in [1.82, 2.24) is 14.9 Å². The third-order valence-corrected chi connectivity index (χ3v) is 8.90. The average Bonchev–Trinajstić information content (AvgIpc) is 3.47. The maximum atomic E-state index is 11.7. The van der Waals surface area contributed by atoms with Crippen LogP contribution >= 0.6 is 23.1 Å². The summed E-state index contributed by atoms with van der Waals surface area (Å²) in [5.41, 5.74) is 1.06. The van der Waals surface area contributed by atoms with Gasteiger partial charge in [0.05, 0.1) is 12.8 Å². The molecule has 7 nitrogen and oxygen atoms in total. The predicted molar refractivity (Wildman–Crippen MR) is 165 cm³/mol. The first-order valence-electron chi connectivity index (χ1n) is 13.5. The van der Waals surface area contributed by atoms with Crippen LogP contribution in [0, 0.1) is 0 Å². The predicted octanol–water partition coefficient (Wildman–Crippen LogP) is 8.11. The van der Waals surface area contributed by atoms with Crippen LogP contribution in [0.25, 0.3) is 10.8 Å². The number of likely N-dealkylation sites (tertiary alicyclic amines) is 1. The van der Waals surface area contributed by atoms with Gasteiger partial charge in [0.1, 0.15) is 11.5 Å². The minimum absolute atomic E-state index is 0.141. The topological polar surface area (TPSA) is 76.6 Å². The molecule has 0 radical (unpaired) electrons. The molecule has 5 aromatic rings. The number of carbonyl (C=O) groups excluding carboxylic acids is 1. The Kier molecular flexibility index (Phi) is 8.07. The number of nitrogens with zero attached hydrogens (tertiary/aromatic N) is 3. The van der Waals surface area contributed by atoms with E-state index in [1.165, 1.54) is 0 Å². The maximum absolute atomic E-state index is 11.7. The van der Waals surface area contributed by atoms with Crippen LogP contribution in [0.2, 0.25) is 0 Å². The first-order chi connectivity index (χ1) is 20.1. The quantitative estimate of drug-likeness (QED) is 0.198. The number of aromatic nitrogens is 2. The molecular formula is C32H30N4O3S2. The number of piperidine rings is 1. The monoisotopic (exact) mass is 582 g/mol. The van der Waals surface area contributed by atoms with Crippen molar-refractivity contribution in [2.24, 2.45) is 0 Å². The van der Waals surface area contributed by atoms with E-state index in [-0.39, 0.29) is 5.91 Å². The Balaban J connectivity index is 1.28. The zero-order chi connectivity index (χ0) is 28.2. The fourth-order valence-corrected chi connectivity index (χ4v) is 6.64. The largest absolute Gasteiger partial charge is 0.497 e. The number of rotatable bonds is 8. The molecule has 3 heterocycles. The van der Waals surface area contributed by atoms with Crippen molar-refractivity contribution in [2.45, 2.75) is 35.5 Å². The third kappa shape index (κ3) is 6.31. The van der Waals surface area contributed by atoms with E-state index in [0.717, 1.165) is 68.8 Å². The molecule has 1 amide bonds. The second-order valence-corrected chi connectivity index (χ2v) is 11.9. The number of carbonyl (C=O) groups is 1. The van der Waals surface area contributed by atoms with E-state index in [1.54, 1.807) is 37.1 Å². The van der Waals surface area contributed by atoms with Gasteiger partial charge in [-0.1, -0.05) is 54.2 Å². The third-order valence-electron chi connectivity index (χ3n) is 7.18. The van der Waals surface area contributed by atoms with Crippen molar-refractivity contribution in [1.29, 1.82) is 0 Å². The van der Waals surface area contributed by atoms with Crippen molar-refractivity contribution >= 4 is 50.7 Å². The standard InChI is InChI=1S/C32H30N4O3S2/c1-21(37)36-15-13-23(14-16-36)28-20-40-32(34-28)35-31-30(39-29-12-5-8-22-7-3-4-11-27(22)29)18-26(19-33-31)41-25-10-6-9-24(17-25)38-2/h3-12,17-20,23H,13-16H2,1-2H3,(H,33,34,35). The van der Waals surface area contributed by atoms with Gasteiger partial charge in [-0.3, -0.25) is 4.79 Å². The summed E-state index contributed by atoms with van der Waals surface area (Å²) in [7, 11) is 1.67. The van der Waals surface area contributed by atoms with Crippen molar-refractivity contribution < 1.29 is 14.3 Å². The Hall–Kier alpha value is -4.08. The number of amides is 1. The SMILES string of the molecule is COc1cccc(Sc2cnc(Nc3nc(C4CCN(C(C)=O)CC4)cs3)c(Oc3cccc4ccccc34)c2)c1. The van der Waals surface area contributed by atoms with Crippen LogP contribution in [0.5, 0.6) is 17.2 Å². The maximum Gasteiger partial charge on any atom is 0.219 e. The van der Waals surface area contributed by atoms with Crippen molar-refractivity contribution in [2.75, 3.05) is 25.5 Å². The summed E-state index contributed by atoms with van der Waals surface area (Å²) in [5, 5.41) is 8.42. The first kappa shape index (κ1) is 27.1. The van der Waals surface area contributed by atoms with E-state index in [9.17, 15) is 4.79 Å². The number of methoxy groups -OCH3 is 1. The van der Waals surface area contributed by atoms with Crippen LogP contribution in [0.1, 0.15) is 31.4 Å². The lowest BCUT2D eigenvalue weighted by atomic mass is 9.94. The lowest BCUT2D eigenvalue weighted by molar-refractivity contribution is -0.129. The van der Waals surface area contributed by atoms with Gasteiger partial charge in [0.15, 0.2) is 16.7 Å². The Bertz CT molecular complexity index is 1680. The molecule has 9 heteroatoms. The zero-order valence-electron chi connectivity index (χ0n) is 22.9. The number of anilines is 2. The molecule has 1 N–H and O–H groups in total. The van der Waals surface area contributed by atoms with Gasteiger partial charge in [0.2, 0.25) is 5.91 Å². The van der Waals surface area contributed by atoms with Gasteiger partial charge in [0.25, 0.3) is 0 Å². The summed E-state index contributed by atoms with van der Waals surface area (Å²) >= 11 is 3.15. The molecule has 1 fully saturated rings. The molecule has 1 aliphatic rings. The van der Waals surface area contributed by atoms with E-state index in [0.29, 0.717) is 17.5 Å². The number of fused-ring (bicyclic) bond motifs is 1. The smallest absolute Gasteiger partial charge is 0.219 e. The molecule has 0 bridgehead atoms.